The van der Waals surface area contributed by atoms with Crippen LogP contribution in [0.5, 0.6) is 0 Å². The monoisotopic (exact) mass is 394 g/mol. The van der Waals surface area contributed by atoms with E-state index < -0.39 is 0 Å². The fourth-order valence-corrected chi connectivity index (χ4v) is 3.41. The van der Waals surface area contributed by atoms with Crippen molar-refractivity contribution >= 4 is 0 Å². The zero-order chi connectivity index (χ0) is 20.7. The largest absolute Gasteiger partial charge is 0.396 e. The molecule has 0 aromatic carbocycles. The molecule has 7 heteroatoms. The van der Waals surface area contributed by atoms with E-state index in [9.17, 15) is 0 Å². The lowest BCUT2D eigenvalue weighted by Gasteiger charge is -2.30. The summed E-state index contributed by atoms with van der Waals surface area (Å²) in [5, 5.41) is 9.14. The van der Waals surface area contributed by atoms with Crippen molar-refractivity contribution in [3.8, 4) is 0 Å². The lowest BCUT2D eigenvalue weighted by atomic mass is 9.94. The third kappa shape index (κ3) is 11.3. The van der Waals surface area contributed by atoms with Crippen LogP contribution in [-0.2, 0) is 28.4 Å². The van der Waals surface area contributed by atoms with Crippen LogP contribution < -0.4 is 0 Å². The smallest absolute Gasteiger partial charge is 0.0643 e. The third-order valence-electron chi connectivity index (χ3n) is 5.22. The molecule has 0 amide bonds. The van der Waals surface area contributed by atoms with E-state index in [-0.39, 0.29) is 43.0 Å². The van der Waals surface area contributed by atoms with Gasteiger partial charge in [0.1, 0.15) is 0 Å². The molecular formula is C20H42O7. The Bertz CT molecular complexity index is 329. The van der Waals surface area contributed by atoms with Crippen LogP contribution in [0.3, 0.4) is 0 Å². The van der Waals surface area contributed by atoms with Crippen LogP contribution in [0, 0.1) is 5.92 Å². The van der Waals surface area contributed by atoms with E-state index in [2.05, 4.69) is 6.92 Å². The Kier molecular flexibility index (Phi) is 16.5. The molecule has 0 aliphatic heterocycles. The van der Waals surface area contributed by atoms with E-state index in [1.165, 1.54) is 0 Å². The highest BCUT2D eigenvalue weighted by Gasteiger charge is 2.26. The molecule has 0 radical (unpaired) electrons. The summed E-state index contributed by atoms with van der Waals surface area (Å²) >= 11 is 0. The van der Waals surface area contributed by atoms with E-state index in [1.54, 1.807) is 42.7 Å². The standard InChI is InChI=1S/C20H42O7/c1-15(14-22-2)20(27-7)13-19(26-6)12-18(25-5)11-17(24-4)10-16(23-3)8-9-21/h15-21H,8-14H2,1-7H3. The molecule has 0 aromatic heterocycles. The second-order valence-corrected chi connectivity index (χ2v) is 7.09. The minimum atomic E-state index is -0.0246. The molecular weight excluding hydrogens is 352 g/mol. The SMILES string of the molecule is COCC(C)C(CC(CC(CC(CC(CCO)OC)OC)OC)OC)OC. The molecule has 6 unspecified atom stereocenters. The molecule has 0 aromatic rings. The minimum absolute atomic E-state index is 0.00164. The average molecular weight is 395 g/mol. The molecule has 7 nitrogen and oxygen atoms in total. The quantitative estimate of drug-likeness (QED) is 0.382. The fraction of sp³-hybridized carbons (Fsp3) is 1.00. The Balaban J connectivity index is 4.73. The van der Waals surface area contributed by atoms with Gasteiger partial charge in [0.05, 0.1) is 37.1 Å². The van der Waals surface area contributed by atoms with Gasteiger partial charge in [-0.2, -0.15) is 0 Å². The van der Waals surface area contributed by atoms with Crippen LogP contribution in [-0.4, -0.2) is 91.5 Å². The molecule has 6 atom stereocenters. The maximum atomic E-state index is 9.14. The first-order chi connectivity index (χ1) is 13.0. The molecule has 0 aliphatic rings. The molecule has 0 heterocycles. The number of aliphatic hydroxyl groups is 1. The Labute approximate surface area is 165 Å². The number of hydrogen-bond donors (Lipinski definition) is 1. The van der Waals surface area contributed by atoms with E-state index in [0.29, 0.717) is 13.0 Å². The van der Waals surface area contributed by atoms with Gasteiger partial charge >= 0.3 is 0 Å². The molecule has 0 spiro atoms. The first kappa shape index (κ1) is 26.7. The van der Waals surface area contributed by atoms with Crippen molar-refractivity contribution in [1.82, 2.24) is 0 Å². The van der Waals surface area contributed by atoms with Gasteiger partial charge in [0.2, 0.25) is 0 Å². The fourth-order valence-electron chi connectivity index (χ4n) is 3.41. The number of ether oxygens (including phenoxy) is 6. The Morgan fingerprint density at radius 2 is 1.07 bits per heavy atom. The Hall–Kier alpha value is -0.280. The van der Waals surface area contributed by atoms with E-state index in [1.807, 2.05) is 0 Å². The summed E-state index contributed by atoms with van der Waals surface area (Å²) in [6.45, 7) is 2.87. The zero-order valence-corrected chi connectivity index (χ0v) is 18.3. The molecule has 0 saturated carbocycles. The van der Waals surface area contributed by atoms with Gasteiger partial charge in [0, 0.05) is 61.6 Å². The average Bonchev–Trinajstić information content (AvgIpc) is 2.68. The lowest BCUT2D eigenvalue weighted by molar-refractivity contribution is -0.0538. The van der Waals surface area contributed by atoms with E-state index >= 15 is 0 Å². The van der Waals surface area contributed by atoms with Gasteiger partial charge in [-0.25, -0.2) is 0 Å². The van der Waals surface area contributed by atoms with Gasteiger partial charge in [-0.15, -0.1) is 0 Å². The maximum absolute atomic E-state index is 9.14. The van der Waals surface area contributed by atoms with Gasteiger partial charge in [0.15, 0.2) is 0 Å². The van der Waals surface area contributed by atoms with Crippen molar-refractivity contribution in [2.24, 2.45) is 5.92 Å². The highest BCUT2D eigenvalue weighted by molar-refractivity contribution is 4.77. The molecule has 164 valence electrons. The predicted molar refractivity (Wildman–Crippen MR) is 105 cm³/mol. The summed E-state index contributed by atoms with van der Waals surface area (Å²) in [6.07, 6.45) is 3.65. The van der Waals surface area contributed by atoms with Crippen molar-refractivity contribution in [3.63, 3.8) is 0 Å². The summed E-state index contributed by atoms with van der Waals surface area (Å²) in [5.41, 5.74) is 0. The predicted octanol–water partition coefficient (Wildman–Crippen LogP) is 2.29. The second kappa shape index (κ2) is 16.7. The first-order valence-corrected chi connectivity index (χ1v) is 9.73. The Morgan fingerprint density at radius 1 is 0.630 bits per heavy atom. The zero-order valence-electron chi connectivity index (χ0n) is 18.3. The summed E-state index contributed by atoms with van der Waals surface area (Å²) in [5.74, 6) is 0.284. The van der Waals surface area contributed by atoms with E-state index in [4.69, 9.17) is 33.5 Å². The molecule has 0 aliphatic carbocycles. The van der Waals surface area contributed by atoms with Gasteiger partial charge in [0.25, 0.3) is 0 Å². The van der Waals surface area contributed by atoms with E-state index in [0.717, 1.165) is 25.7 Å². The van der Waals surface area contributed by atoms with Crippen LogP contribution in [0.4, 0.5) is 0 Å². The highest BCUT2D eigenvalue weighted by atomic mass is 16.5. The van der Waals surface area contributed by atoms with Crippen molar-refractivity contribution in [1.29, 1.82) is 0 Å². The summed E-state index contributed by atoms with van der Waals surface area (Å²) in [4.78, 5) is 0. The van der Waals surface area contributed by atoms with Crippen molar-refractivity contribution in [2.75, 3.05) is 55.9 Å². The van der Waals surface area contributed by atoms with Gasteiger partial charge < -0.3 is 33.5 Å². The topological polar surface area (TPSA) is 75.6 Å². The molecule has 0 bridgehead atoms. The van der Waals surface area contributed by atoms with Gasteiger partial charge in [-0.3, -0.25) is 0 Å². The third-order valence-corrected chi connectivity index (χ3v) is 5.22. The lowest BCUT2D eigenvalue weighted by Crippen LogP contribution is -2.33. The Morgan fingerprint density at radius 3 is 1.44 bits per heavy atom. The highest BCUT2D eigenvalue weighted by Crippen LogP contribution is 2.22. The molecule has 0 saturated heterocycles. The number of methoxy groups -OCH3 is 6. The number of rotatable bonds is 18. The molecule has 1 N–H and O–H groups in total. The van der Waals surface area contributed by atoms with Crippen molar-refractivity contribution in [3.05, 3.63) is 0 Å². The molecule has 0 fully saturated rings. The first-order valence-electron chi connectivity index (χ1n) is 9.73. The normalized spacial score (nSPS) is 18.7. The molecule has 0 rings (SSSR count). The van der Waals surface area contributed by atoms with Crippen LogP contribution in [0.25, 0.3) is 0 Å². The van der Waals surface area contributed by atoms with Crippen LogP contribution in [0.15, 0.2) is 0 Å². The van der Waals surface area contributed by atoms with Crippen molar-refractivity contribution < 1.29 is 33.5 Å². The summed E-state index contributed by atoms with van der Waals surface area (Å²) < 4.78 is 33.3. The summed E-state index contributed by atoms with van der Waals surface area (Å²) in [7, 11) is 10.2. The minimum Gasteiger partial charge on any atom is -0.396 e. The molecule has 27 heavy (non-hydrogen) atoms. The van der Waals surface area contributed by atoms with Crippen LogP contribution in [0.1, 0.15) is 39.0 Å². The van der Waals surface area contributed by atoms with Crippen LogP contribution >= 0.6 is 0 Å². The number of aliphatic hydroxyl groups excluding tert-OH is 1. The van der Waals surface area contributed by atoms with Crippen molar-refractivity contribution in [2.45, 2.75) is 69.5 Å². The van der Waals surface area contributed by atoms with Gasteiger partial charge in [-0.05, 0) is 25.7 Å². The maximum Gasteiger partial charge on any atom is 0.0643 e. The van der Waals surface area contributed by atoms with Crippen LogP contribution in [0.2, 0.25) is 0 Å². The second-order valence-electron chi connectivity index (χ2n) is 7.09. The van der Waals surface area contributed by atoms with Gasteiger partial charge in [-0.1, -0.05) is 6.92 Å². The summed E-state index contributed by atoms with van der Waals surface area (Å²) in [6, 6.07) is 0. The number of hydrogen-bond acceptors (Lipinski definition) is 7.